The summed E-state index contributed by atoms with van der Waals surface area (Å²) >= 11 is 0. The van der Waals surface area contributed by atoms with Crippen LogP contribution in [0.25, 0.3) is 0 Å². The second kappa shape index (κ2) is 3.90. The van der Waals surface area contributed by atoms with E-state index in [9.17, 15) is 4.79 Å². The zero-order valence-electron chi connectivity index (χ0n) is 8.86. The van der Waals surface area contributed by atoms with Crippen molar-refractivity contribution in [1.82, 2.24) is 5.32 Å². The fourth-order valence-corrected chi connectivity index (χ4v) is 1.64. The van der Waals surface area contributed by atoms with E-state index in [1.807, 2.05) is 24.3 Å². The lowest BCUT2D eigenvalue weighted by Gasteiger charge is -2.38. The number of hydrogen-bond acceptors (Lipinski definition) is 3. The third-order valence-corrected chi connectivity index (χ3v) is 2.66. The van der Waals surface area contributed by atoms with Gasteiger partial charge in [-0.1, -0.05) is 0 Å². The minimum Gasteiger partial charge on any atom is -0.497 e. The SMILES string of the molecule is CN[C@H]1CN(c2ccc(OC)cc2)C1=O. The van der Waals surface area contributed by atoms with Gasteiger partial charge in [0.1, 0.15) is 11.8 Å². The Morgan fingerprint density at radius 3 is 2.53 bits per heavy atom. The van der Waals surface area contributed by atoms with Crippen molar-refractivity contribution in [2.24, 2.45) is 0 Å². The minimum atomic E-state index is -0.0212. The van der Waals surface area contributed by atoms with Gasteiger partial charge in [0.15, 0.2) is 0 Å². The predicted octanol–water partition coefficient (Wildman–Crippen LogP) is 0.630. The molecule has 0 aliphatic carbocycles. The zero-order valence-corrected chi connectivity index (χ0v) is 8.86. The highest BCUT2D eigenvalue weighted by molar-refractivity contribution is 6.04. The van der Waals surface area contributed by atoms with E-state index >= 15 is 0 Å². The Morgan fingerprint density at radius 2 is 2.07 bits per heavy atom. The van der Waals surface area contributed by atoms with Gasteiger partial charge in [-0.15, -0.1) is 0 Å². The quantitative estimate of drug-likeness (QED) is 0.737. The number of likely N-dealkylation sites (N-methyl/N-ethyl adjacent to an activating group) is 1. The number of nitrogens with zero attached hydrogens (tertiary/aromatic N) is 1. The molecule has 4 heteroatoms. The highest BCUT2D eigenvalue weighted by atomic mass is 16.5. The molecule has 1 aliphatic rings. The van der Waals surface area contributed by atoms with Crippen LogP contribution in [0.15, 0.2) is 24.3 Å². The normalized spacial score (nSPS) is 20.0. The lowest BCUT2D eigenvalue weighted by Crippen LogP contribution is -2.62. The van der Waals surface area contributed by atoms with Crippen molar-refractivity contribution in [1.29, 1.82) is 0 Å². The van der Waals surface area contributed by atoms with Crippen LogP contribution in [-0.4, -0.2) is 32.7 Å². The van der Waals surface area contributed by atoms with Crippen LogP contribution in [-0.2, 0) is 4.79 Å². The molecule has 15 heavy (non-hydrogen) atoms. The van der Waals surface area contributed by atoms with Crippen LogP contribution in [0.1, 0.15) is 0 Å². The van der Waals surface area contributed by atoms with Crippen molar-refractivity contribution in [2.45, 2.75) is 6.04 Å². The highest BCUT2D eigenvalue weighted by Gasteiger charge is 2.36. The molecule has 1 heterocycles. The Labute approximate surface area is 88.8 Å². The molecule has 0 bridgehead atoms. The number of hydrogen-bond donors (Lipinski definition) is 1. The number of carbonyl (C=O) groups excluding carboxylic acids is 1. The second-order valence-electron chi connectivity index (χ2n) is 3.49. The Morgan fingerprint density at radius 1 is 1.40 bits per heavy atom. The first kappa shape index (κ1) is 9.98. The minimum absolute atomic E-state index is 0.0212. The summed E-state index contributed by atoms with van der Waals surface area (Å²) in [5, 5.41) is 2.96. The molecule has 0 saturated carbocycles. The van der Waals surface area contributed by atoms with Crippen molar-refractivity contribution >= 4 is 11.6 Å². The van der Waals surface area contributed by atoms with Crippen LogP contribution < -0.4 is 15.0 Å². The van der Waals surface area contributed by atoms with E-state index in [2.05, 4.69) is 5.32 Å². The van der Waals surface area contributed by atoms with Gasteiger partial charge in [0.25, 0.3) is 0 Å². The largest absolute Gasteiger partial charge is 0.497 e. The van der Waals surface area contributed by atoms with E-state index in [-0.39, 0.29) is 11.9 Å². The molecule has 1 amide bonds. The van der Waals surface area contributed by atoms with E-state index in [4.69, 9.17) is 4.74 Å². The van der Waals surface area contributed by atoms with Crippen molar-refractivity contribution in [2.75, 3.05) is 25.6 Å². The van der Waals surface area contributed by atoms with Gasteiger partial charge in [-0.2, -0.15) is 0 Å². The Kier molecular flexibility index (Phi) is 2.60. The van der Waals surface area contributed by atoms with Gasteiger partial charge in [0.2, 0.25) is 5.91 Å². The fraction of sp³-hybridized carbons (Fsp3) is 0.364. The first-order valence-electron chi connectivity index (χ1n) is 4.89. The molecular weight excluding hydrogens is 192 g/mol. The second-order valence-corrected chi connectivity index (χ2v) is 3.49. The molecule has 1 atom stereocenters. The lowest BCUT2D eigenvalue weighted by atomic mass is 10.1. The summed E-state index contributed by atoms with van der Waals surface area (Å²) in [5.74, 6) is 0.930. The standard InChI is InChI=1S/C11H14N2O2/c1-12-10-7-13(11(10)14)8-3-5-9(15-2)6-4-8/h3-6,10,12H,7H2,1-2H3/t10-/m0/s1. The van der Waals surface area contributed by atoms with Crippen LogP contribution in [0.2, 0.25) is 0 Å². The zero-order chi connectivity index (χ0) is 10.8. The third-order valence-electron chi connectivity index (χ3n) is 2.66. The lowest BCUT2D eigenvalue weighted by molar-refractivity contribution is -0.124. The van der Waals surface area contributed by atoms with Crippen LogP contribution >= 0.6 is 0 Å². The number of benzene rings is 1. The fourth-order valence-electron chi connectivity index (χ4n) is 1.64. The summed E-state index contributed by atoms with van der Waals surface area (Å²) in [6.45, 7) is 0.738. The van der Waals surface area contributed by atoms with Crippen molar-refractivity contribution in [3.05, 3.63) is 24.3 Å². The molecule has 0 spiro atoms. The number of anilines is 1. The van der Waals surface area contributed by atoms with E-state index in [0.717, 1.165) is 18.0 Å². The monoisotopic (exact) mass is 206 g/mol. The molecule has 4 nitrogen and oxygen atoms in total. The molecule has 0 radical (unpaired) electrons. The number of methoxy groups -OCH3 is 1. The van der Waals surface area contributed by atoms with E-state index in [1.54, 1.807) is 19.1 Å². The summed E-state index contributed by atoms with van der Waals surface area (Å²) in [6.07, 6.45) is 0. The summed E-state index contributed by atoms with van der Waals surface area (Å²) < 4.78 is 5.05. The molecule has 2 rings (SSSR count). The highest BCUT2D eigenvalue weighted by Crippen LogP contribution is 2.24. The number of carbonyl (C=O) groups is 1. The summed E-state index contributed by atoms with van der Waals surface area (Å²) in [7, 11) is 3.43. The van der Waals surface area contributed by atoms with Crippen LogP contribution in [0, 0.1) is 0 Å². The molecule has 1 aromatic carbocycles. The smallest absolute Gasteiger partial charge is 0.246 e. The number of rotatable bonds is 3. The average Bonchev–Trinajstić information content (AvgIpc) is 2.28. The maximum atomic E-state index is 11.6. The summed E-state index contributed by atoms with van der Waals surface area (Å²) in [4.78, 5) is 13.3. The molecule has 1 fully saturated rings. The molecule has 80 valence electrons. The molecule has 1 saturated heterocycles. The van der Waals surface area contributed by atoms with Gasteiger partial charge < -0.3 is 15.0 Å². The van der Waals surface area contributed by atoms with Crippen molar-refractivity contribution in [3.63, 3.8) is 0 Å². The Hall–Kier alpha value is -1.55. The molecule has 0 aromatic heterocycles. The maximum absolute atomic E-state index is 11.6. The molecule has 1 aromatic rings. The maximum Gasteiger partial charge on any atom is 0.246 e. The number of nitrogens with one attached hydrogen (secondary N) is 1. The van der Waals surface area contributed by atoms with Crippen molar-refractivity contribution < 1.29 is 9.53 Å². The molecule has 1 N–H and O–H groups in total. The Balaban J connectivity index is 2.09. The number of amides is 1. The van der Waals surface area contributed by atoms with Gasteiger partial charge in [0, 0.05) is 5.69 Å². The number of ether oxygens (including phenoxy) is 1. The predicted molar refractivity (Wildman–Crippen MR) is 58.2 cm³/mol. The summed E-state index contributed by atoms with van der Waals surface area (Å²) in [6, 6.07) is 7.47. The third kappa shape index (κ3) is 1.68. The van der Waals surface area contributed by atoms with Crippen LogP contribution in [0.5, 0.6) is 5.75 Å². The van der Waals surface area contributed by atoms with Crippen LogP contribution in [0.3, 0.4) is 0 Å². The van der Waals surface area contributed by atoms with Crippen LogP contribution in [0.4, 0.5) is 5.69 Å². The van der Waals surface area contributed by atoms with Gasteiger partial charge in [-0.3, -0.25) is 4.79 Å². The first-order valence-corrected chi connectivity index (χ1v) is 4.89. The van der Waals surface area contributed by atoms with Gasteiger partial charge in [-0.25, -0.2) is 0 Å². The number of β-lactam (4-membered cyclic amide) rings is 1. The molecular formula is C11H14N2O2. The first-order chi connectivity index (χ1) is 7.26. The molecule has 0 unspecified atom stereocenters. The average molecular weight is 206 g/mol. The van der Waals surface area contributed by atoms with Gasteiger partial charge in [-0.05, 0) is 31.3 Å². The van der Waals surface area contributed by atoms with Crippen molar-refractivity contribution in [3.8, 4) is 5.75 Å². The topological polar surface area (TPSA) is 41.6 Å². The van der Waals surface area contributed by atoms with E-state index in [0.29, 0.717) is 0 Å². The summed E-state index contributed by atoms with van der Waals surface area (Å²) in [5.41, 5.74) is 0.923. The molecule has 1 aliphatic heterocycles. The Bertz CT molecular complexity index is 361. The van der Waals surface area contributed by atoms with Gasteiger partial charge >= 0.3 is 0 Å². The van der Waals surface area contributed by atoms with E-state index in [1.165, 1.54) is 0 Å². The van der Waals surface area contributed by atoms with E-state index < -0.39 is 0 Å². The van der Waals surface area contributed by atoms with Gasteiger partial charge in [0.05, 0.1) is 13.7 Å².